The van der Waals surface area contributed by atoms with Gasteiger partial charge in [0.15, 0.2) is 6.10 Å². The summed E-state index contributed by atoms with van der Waals surface area (Å²) in [4.78, 5) is 38.2. The first-order valence-electron chi connectivity index (χ1n) is 42.5. The number of hydrogen-bond acceptors (Lipinski definition) is 8. The van der Waals surface area contributed by atoms with Crippen molar-refractivity contribution in [2.24, 2.45) is 0 Å². The first-order valence-corrected chi connectivity index (χ1v) is 44.0. The maximum atomic E-state index is 12.9. The van der Waals surface area contributed by atoms with Gasteiger partial charge in [0.05, 0.1) is 27.7 Å². The van der Waals surface area contributed by atoms with E-state index >= 15 is 0 Å². The minimum Gasteiger partial charge on any atom is -0.756 e. The van der Waals surface area contributed by atoms with Crippen LogP contribution in [0.15, 0.2) is 146 Å². The molecule has 0 fully saturated rings. The highest BCUT2D eigenvalue weighted by atomic mass is 31.2. The molecule has 10 heteroatoms. The number of esters is 2. The molecular formula is C92H160NO8P. The average molecular weight is 1440 g/mol. The van der Waals surface area contributed by atoms with Gasteiger partial charge in [-0.05, 0) is 116 Å². The van der Waals surface area contributed by atoms with E-state index in [1.165, 1.54) is 225 Å². The third-order valence-electron chi connectivity index (χ3n) is 18.4. The van der Waals surface area contributed by atoms with E-state index in [2.05, 4.69) is 160 Å². The third-order valence-corrected chi connectivity index (χ3v) is 19.3. The lowest BCUT2D eigenvalue weighted by Gasteiger charge is -2.28. The third kappa shape index (κ3) is 84.8. The Morgan fingerprint density at radius 1 is 0.304 bits per heavy atom. The second-order valence-electron chi connectivity index (χ2n) is 29.4. The Morgan fingerprint density at radius 2 is 0.529 bits per heavy atom. The van der Waals surface area contributed by atoms with Crippen molar-refractivity contribution in [3.63, 3.8) is 0 Å². The van der Waals surface area contributed by atoms with Crippen LogP contribution in [-0.2, 0) is 32.7 Å². The van der Waals surface area contributed by atoms with E-state index in [0.717, 1.165) is 116 Å². The standard InChI is InChI=1S/C92H160NO8P/c1-6-8-10-12-14-16-18-20-22-24-26-28-30-32-34-36-38-40-42-44-46-48-50-52-54-56-58-60-62-64-66-68-70-72-74-76-78-80-82-84-91(94)98-88-90(89-100-102(96,97)99-87-86-93(3,4)5)101-92(95)85-83-81-79-77-75-73-71-69-67-65-63-61-59-57-55-53-51-49-47-45-43-41-39-37-35-33-31-29-27-25-23-21-19-17-15-13-11-9-7-2/h8-11,14-17,20-23,26-29,32-35,38-41,90H,6-7,12-13,18-19,24-25,30-31,36-37,42-89H2,1-5H3/b10-8-,11-9-,16-14-,17-15-,22-20-,23-21-,28-26-,29-27-,34-32-,35-33-,40-38-,41-39-. The molecule has 0 spiro atoms. The van der Waals surface area contributed by atoms with E-state index in [0.29, 0.717) is 17.4 Å². The molecule has 0 amide bonds. The van der Waals surface area contributed by atoms with E-state index in [1.54, 1.807) is 0 Å². The molecule has 0 N–H and O–H groups in total. The van der Waals surface area contributed by atoms with E-state index in [9.17, 15) is 19.0 Å². The molecule has 586 valence electrons. The fourth-order valence-electron chi connectivity index (χ4n) is 12.0. The summed E-state index contributed by atoms with van der Waals surface area (Å²) in [7, 11) is 1.17. The summed E-state index contributed by atoms with van der Waals surface area (Å²) in [6.07, 6.45) is 120. The highest BCUT2D eigenvalue weighted by molar-refractivity contribution is 7.45. The molecule has 0 saturated carbocycles. The molecule has 0 aliphatic rings. The van der Waals surface area contributed by atoms with Gasteiger partial charge in [0.25, 0.3) is 7.82 Å². The van der Waals surface area contributed by atoms with E-state index in [4.69, 9.17) is 18.5 Å². The highest BCUT2D eigenvalue weighted by Gasteiger charge is 2.22. The molecule has 0 aromatic carbocycles. The van der Waals surface area contributed by atoms with Crippen molar-refractivity contribution < 1.29 is 42.1 Å². The van der Waals surface area contributed by atoms with Gasteiger partial charge < -0.3 is 27.9 Å². The topological polar surface area (TPSA) is 111 Å². The number of carbonyl (C=O) groups is 2. The summed E-state index contributed by atoms with van der Waals surface area (Å²) in [5.41, 5.74) is 0. The Bertz CT molecular complexity index is 2240. The van der Waals surface area contributed by atoms with Gasteiger partial charge in [0.2, 0.25) is 0 Å². The summed E-state index contributed by atoms with van der Waals surface area (Å²) in [6, 6.07) is 0. The van der Waals surface area contributed by atoms with Crippen molar-refractivity contribution in [3.8, 4) is 0 Å². The molecule has 0 aliphatic heterocycles. The predicted octanol–water partition coefficient (Wildman–Crippen LogP) is 28.2. The van der Waals surface area contributed by atoms with Crippen LogP contribution in [0.5, 0.6) is 0 Å². The van der Waals surface area contributed by atoms with Crippen molar-refractivity contribution in [2.45, 2.75) is 380 Å². The predicted molar refractivity (Wildman–Crippen MR) is 443 cm³/mol. The van der Waals surface area contributed by atoms with Gasteiger partial charge in [-0.15, -0.1) is 0 Å². The van der Waals surface area contributed by atoms with Crippen LogP contribution in [0.2, 0.25) is 0 Å². The Kier molecular flexibility index (Phi) is 77.7. The zero-order chi connectivity index (χ0) is 74.0. The molecule has 2 atom stereocenters. The van der Waals surface area contributed by atoms with Gasteiger partial charge in [-0.2, -0.15) is 0 Å². The Morgan fingerprint density at radius 3 is 0.784 bits per heavy atom. The van der Waals surface area contributed by atoms with Crippen molar-refractivity contribution >= 4 is 19.8 Å². The largest absolute Gasteiger partial charge is 0.756 e. The number of quaternary nitrogens is 1. The van der Waals surface area contributed by atoms with Crippen LogP contribution in [0.25, 0.3) is 0 Å². The number of phosphoric ester groups is 1. The first-order chi connectivity index (χ1) is 50.0. The zero-order valence-corrected chi connectivity index (χ0v) is 67.9. The minimum atomic E-state index is -4.65. The quantitative estimate of drug-likeness (QED) is 0.0195. The van der Waals surface area contributed by atoms with E-state index in [-0.39, 0.29) is 32.0 Å². The van der Waals surface area contributed by atoms with E-state index in [1.807, 2.05) is 21.1 Å². The van der Waals surface area contributed by atoms with Crippen LogP contribution in [0.1, 0.15) is 373 Å². The summed E-state index contributed by atoms with van der Waals surface area (Å²) < 4.78 is 34.5. The van der Waals surface area contributed by atoms with Crippen LogP contribution < -0.4 is 4.89 Å². The fourth-order valence-corrected chi connectivity index (χ4v) is 12.7. The summed E-state index contributed by atoms with van der Waals surface area (Å²) in [5.74, 6) is -0.819. The number of nitrogens with zero attached hydrogens (tertiary/aromatic N) is 1. The molecule has 0 aliphatic carbocycles. The number of hydrogen-bond donors (Lipinski definition) is 0. The van der Waals surface area contributed by atoms with Crippen LogP contribution in [-0.4, -0.2) is 70.0 Å². The van der Waals surface area contributed by atoms with Gasteiger partial charge in [-0.3, -0.25) is 14.2 Å². The zero-order valence-electron chi connectivity index (χ0n) is 67.0. The molecule has 2 unspecified atom stereocenters. The number of ether oxygens (including phenoxy) is 2. The number of rotatable bonds is 78. The molecule has 0 heterocycles. The molecular weight excluding hydrogens is 1280 g/mol. The number of unbranched alkanes of at least 4 members (excludes halogenated alkanes) is 40. The van der Waals surface area contributed by atoms with Gasteiger partial charge in [0.1, 0.15) is 19.8 Å². The molecule has 0 radical (unpaired) electrons. The Labute approximate surface area is 631 Å². The van der Waals surface area contributed by atoms with Crippen LogP contribution >= 0.6 is 7.82 Å². The lowest BCUT2D eigenvalue weighted by Crippen LogP contribution is -2.37. The summed E-state index contributed by atoms with van der Waals surface area (Å²) in [5, 5.41) is 0. The second kappa shape index (κ2) is 81.0. The van der Waals surface area contributed by atoms with Crippen molar-refractivity contribution in [2.75, 3.05) is 47.5 Å². The Hall–Kier alpha value is -4.11. The minimum absolute atomic E-state index is 0.0326. The molecule has 102 heavy (non-hydrogen) atoms. The monoisotopic (exact) mass is 1440 g/mol. The lowest BCUT2D eigenvalue weighted by molar-refractivity contribution is -0.870. The fraction of sp³-hybridized carbons (Fsp3) is 0.717. The molecule has 9 nitrogen and oxygen atoms in total. The molecule has 0 rings (SSSR count). The Balaban J connectivity index is 3.92. The number of carbonyl (C=O) groups excluding carboxylic acids is 2. The van der Waals surface area contributed by atoms with Crippen molar-refractivity contribution in [3.05, 3.63) is 146 Å². The molecule has 0 aromatic heterocycles. The molecule has 0 bridgehead atoms. The van der Waals surface area contributed by atoms with Crippen LogP contribution in [0.4, 0.5) is 0 Å². The second-order valence-corrected chi connectivity index (χ2v) is 30.8. The van der Waals surface area contributed by atoms with Crippen LogP contribution in [0, 0.1) is 0 Å². The van der Waals surface area contributed by atoms with Gasteiger partial charge in [-0.25, -0.2) is 0 Å². The van der Waals surface area contributed by atoms with Crippen molar-refractivity contribution in [1.82, 2.24) is 0 Å². The smallest absolute Gasteiger partial charge is 0.306 e. The average Bonchev–Trinajstić information content (AvgIpc) is 0.935. The summed E-state index contributed by atoms with van der Waals surface area (Å²) >= 11 is 0. The van der Waals surface area contributed by atoms with Gasteiger partial charge >= 0.3 is 11.9 Å². The molecule has 0 saturated heterocycles. The number of phosphoric acid groups is 1. The van der Waals surface area contributed by atoms with E-state index < -0.39 is 26.5 Å². The molecule has 0 aromatic rings. The maximum Gasteiger partial charge on any atom is 0.306 e. The summed E-state index contributed by atoms with van der Waals surface area (Å²) in [6.45, 7) is 4.05. The van der Waals surface area contributed by atoms with Crippen molar-refractivity contribution in [1.29, 1.82) is 0 Å². The highest BCUT2D eigenvalue weighted by Crippen LogP contribution is 2.38. The lowest BCUT2D eigenvalue weighted by atomic mass is 10.0. The SMILES string of the molecule is CC/C=C\C/C=C\C/C=C\C/C=C\C/C=C\C/C=C\CCCCCCCCCCCCCCCCCCCCCCC(=O)OCC(COP(=O)([O-])OCC[N+](C)(C)C)OC(=O)CCCCCCCCCCCCCCCCCCCCCC/C=C\C/C=C\C/C=C\C/C=C\C/C=C\C/C=C\CC. The number of likely N-dealkylation sites (N-methyl/N-ethyl adjacent to an activating group) is 1. The maximum absolute atomic E-state index is 12.9. The van der Waals surface area contributed by atoms with Crippen LogP contribution in [0.3, 0.4) is 0 Å². The number of allylic oxidation sites excluding steroid dienone is 24. The van der Waals surface area contributed by atoms with Gasteiger partial charge in [0, 0.05) is 12.8 Å². The van der Waals surface area contributed by atoms with Gasteiger partial charge in [-0.1, -0.05) is 391 Å². The first kappa shape index (κ1) is 97.9. The normalized spacial score (nSPS) is 13.7.